The molecular formula is C10H21NOS. The molecule has 2 nitrogen and oxygen atoms in total. The first-order valence-corrected chi connectivity index (χ1v) is 6.47. The molecule has 0 spiro atoms. The number of hydrogen-bond donors (Lipinski definition) is 1. The number of ether oxygens (including phenoxy) is 1. The lowest BCUT2D eigenvalue weighted by Crippen LogP contribution is -2.48. The summed E-state index contributed by atoms with van der Waals surface area (Å²) in [6.07, 6.45) is 7.22. The molecular weight excluding hydrogens is 182 g/mol. The third kappa shape index (κ3) is 3.49. The van der Waals surface area contributed by atoms with Crippen molar-refractivity contribution in [3.05, 3.63) is 0 Å². The third-order valence-electron chi connectivity index (χ3n) is 2.85. The van der Waals surface area contributed by atoms with Crippen LogP contribution in [0.5, 0.6) is 0 Å². The Hall–Kier alpha value is 0.270. The van der Waals surface area contributed by atoms with Crippen molar-refractivity contribution in [3.8, 4) is 0 Å². The number of methoxy groups -OCH3 is 1. The Labute approximate surface area is 85.8 Å². The van der Waals surface area contributed by atoms with Gasteiger partial charge in [0.25, 0.3) is 0 Å². The molecule has 0 aromatic heterocycles. The summed E-state index contributed by atoms with van der Waals surface area (Å²) in [7, 11) is 1.84. The average Bonchev–Trinajstić information content (AvgIpc) is 2.09. The van der Waals surface area contributed by atoms with Crippen LogP contribution in [0, 0.1) is 0 Å². The van der Waals surface area contributed by atoms with Crippen molar-refractivity contribution in [2.75, 3.05) is 32.2 Å². The quantitative estimate of drug-likeness (QED) is 0.639. The van der Waals surface area contributed by atoms with Crippen molar-refractivity contribution in [3.63, 3.8) is 0 Å². The molecule has 78 valence electrons. The summed E-state index contributed by atoms with van der Waals surface area (Å²) < 4.78 is 5.51. The molecule has 1 rings (SSSR count). The van der Waals surface area contributed by atoms with Gasteiger partial charge in [-0.1, -0.05) is 0 Å². The molecule has 1 fully saturated rings. The van der Waals surface area contributed by atoms with Crippen LogP contribution in [0.25, 0.3) is 0 Å². The summed E-state index contributed by atoms with van der Waals surface area (Å²) in [4.78, 5) is 0. The van der Waals surface area contributed by atoms with Gasteiger partial charge in [0, 0.05) is 13.7 Å². The summed E-state index contributed by atoms with van der Waals surface area (Å²) in [6.45, 7) is 2.17. The first kappa shape index (κ1) is 11.3. The Morgan fingerprint density at radius 2 is 2.23 bits per heavy atom. The molecule has 0 atom stereocenters. The number of nitrogens with one attached hydrogen (secondary N) is 1. The molecule has 0 unspecified atom stereocenters. The van der Waals surface area contributed by atoms with Gasteiger partial charge < -0.3 is 10.1 Å². The zero-order valence-electron chi connectivity index (χ0n) is 8.77. The fraction of sp³-hybridized carbons (Fsp3) is 1.00. The van der Waals surface area contributed by atoms with E-state index in [0.717, 1.165) is 13.1 Å². The Balaban J connectivity index is 1.98. The van der Waals surface area contributed by atoms with Gasteiger partial charge in [0.15, 0.2) is 0 Å². The van der Waals surface area contributed by atoms with Crippen molar-refractivity contribution in [1.82, 2.24) is 5.32 Å². The third-order valence-corrected chi connectivity index (χ3v) is 3.54. The smallest absolute Gasteiger partial charge is 0.0802 e. The van der Waals surface area contributed by atoms with Crippen molar-refractivity contribution in [2.24, 2.45) is 0 Å². The van der Waals surface area contributed by atoms with Gasteiger partial charge in [0.05, 0.1) is 5.60 Å². The summed E-state index contributed by atoms with van der Waals surface area (Å²) in [5, 5.41) is 3.48. The van der Waals surface area contributed by atoms with Crippen LogP contribution in [-0.2, 0) is 4.74 Å². The monoisotopic (exact) mass is 203 g/mol. The standard InChI is InChI=1S/C10H21NOS/c1-12-10(5-3-6-10)9-11-7-4-8-13-2/h11H,3-9H2,1-2H3. The minimum Gasteiger partial charge on any atom is -0.377 e. The van der Waals surface area contributed by atoms with E-state index in [4.69, 9.17) is 4.74 Å². The van der Waals surface area contributed by atoms with Gasteiger partial charge in [-0.15, -0.1) is 0 Å². The van der Waals surface area contributed by atoms with Crippen LogP contribution in [0.2, 0.25) is 0 Å². The summed E-state index contributed by atoms with van der Waals surface area (Å²) in [6, 6.07) is 0. The van der Waals surface area contributed by atoms with E-state index < -0.39 is 0 Å². The van der Waals surface area contributed by atoms with Crippen LogP contribution < -0.4 is 5.32 Å². The lowest BCUT2D eigenvalue weighted by atomic mass is 9.80. The Kier molecular flexibility index (Phi) is 5.14. The second-order valence-corrected chi connectivity index (χ2v) is 4.75. The first-order valence-electron chi connectivity index (χ1n) is 5.08. The van der Waals surface area contributed by atoms with Crippen molar-refractivity contribution >= 4 is 11.8 Å². The van der Waals surface area contributed by atoms with E-state index in [2.05, 4.69) is 11.6 Å². The summed E-state index contributed by atoms with van der Waals surface area (Å²) >= 11 is 1.91. The Morgan fingerprint density at radius 3 is 2.69 bits per heavy atom. The number of thioether (sulfide) groups is 1. The Bertz CT molecular complexity index is 131. The van der Waals surface area contributed by atoms with Gasteiger partial charge in [-0.3, -0.25) is 0 Å². The minimum atomic E-state index is 0.194. The molecule has 0 saturated heterocycles. The van der Waals surface area contributed by atoms with Gasteiger partial charge in [-0.05, 0) is 44.2 Å². The van der Waals surface area contributed by atoms with Crippen LogP contribution in [0.3, 0.4) is 0 Å². The predicted molar refractivity (Wildman–Crippen MR) is 59.5 cm³/mol. The maximum atomic E-state index is 5.51. The topological polar surface area (TPSA) is 21.3 Å². The van der Waals surface area contributed by atoms with E-state index in [0.29, 0.717) is 0 Å². The van der Waals surface area contributed by atoms with Crippen LogP contribution in [-0.4, -0.2) is 37.8 Å². The van der Waals surface area contributed by atoms with Gasteiger partial charge >= 0.3 is 0 Å². The highest BCUT2D eigenvalue weighted by molar-refractivity contribution is 7.98. The number of hydrogen-bond acceptors (Lipinski definition) is 3. The second kappa shape index (κ2) is 5.89. The van der Waals surface area contributed by atoms with Crippen LogP contribution in [0.1, 0.15) is 25.7 Å². The van der Waals surface area contributed by atoms with E-state index in [1.54, 1.807) is 0 Å². The first-order chi connectivity index (χ1) is 6.33. The molecule has 3 heteroatoms. The molecule has 1 aliphatic carbocycles. The molecule has 13 heavy (non-hydrogen) atoms. The van der Waals surface area contributed by atoms with E-state index >= 15 is 0 Å². The lowest BCUT2D eigenvalue weighted by molar-refractivity contribution is -0.0691. The van der Waals surface area contributed by atoms with Crippen molar-refractivity contribution in [1.29, 1.82) is 0 Å². The molecule has 1 saturated carbocycles. The predicted octanol–water partition coefficient (Wildman–Crippen LogP) is 1.90. The summed E-state index contributed by atoms with van der Waals surface area (Å²) in [5.74, 6) is 1.26. The molecule has 0 aromatic rings. The van der Waals surface area contributed by atoms with Gasteiger partial charge in [0.2, 0.25) is 0 Å². The van der Waals surface area contributed by atoms with E-state index in [1.807, 2.05) is 18.9 Å². The zero-order valence-corrected chi connectivity index (χ0v) is 9.58. The maximum absolute atomic E-state index is 5.51. The van der Waals surface area contributed by atoms with Gasteiger partial charge in [0.1, 0.15) is 0 Å². The summed E-state index contributed by atoms with van der Waals surface area (Å²) in [5.41, 5.74) is 0.194. The molecule has 0 radical (unpaired) electrons. The maximum Gasteiger partial charge on any atom is 0.0802 e. The van der Waals surface area contributed by atoms with Gasteiger partial charge in [-0.2, -0.15) is 11.8 Å². The second-order valence-electron chi connectivity index (χ2n) is 3.76. The average molecular weight is 203 g/mol. The fourth-order valence-electron chi connectivity index (χ4n) is 1.68. The molecule has 0 amide bonds. The molecule has 0 aromatic carbocycles. The van der Waals surface area contributed by atoms with Crippen molar-refractivity contribution in [2.45, 2.75) is 31.3 Å². The molecule has 0 heterocycles. The zero-order chi connectivity index (χ0) is 9.57. The van der Waals surface area contributed by atoms with Crippen LogP contribution in [0.15, 0.2) is 0 Å². The highest BCUT2D eigenvalue weighted by Gasteiger charge is 2.36. The molecule has 0 aliphatic heterocycles. The highest BCUT2D eigenvalue weighted by atomic mass is 32.2. The Morgan fingerprint density at radius 1 is 1.46 bits per heavy atom. The molecule has 1 N–H and O–H groups in total. The lowest BCUT2D eigenvalue weighted by Gasteiger charge is -2.40. The normalized spacial score (nSPS) is 19.8. The van der Waals surface area contributed by atoms with E-state index in [1.165, 1.54) is 31.4 Å². The van der Waals surface area contributed by atoms with E-state index in [9.17, 15) is 0 Å². The van der Waals surface area contributed by atoms with E-state index in [-0.39, 0.29) is 5.60 Å². The highest BCUT2D eigenvalue weighted by Crippen LogP contribution is 2.34. The molecule has 1 aliphatic rings. The largest absolute Gasteiger partial charge is 0.377 e. The van der Waals surface area contributed by atoms with Crippen LogP contribution in [0.4, 0.5) is 0 Å². The fourth-order valence-corrected chi connectivity index (χ4v) is 2.11. The molecule has 0 bridgehead atoms. The van der Waals surface area contributed by atoms with Crippen molar-refractivity contribution < 1.29 is 4.74 Å². The van der Waals surface area contributed by atoms with Crippen LogP contribution >= 0.6 is 11.8 Å². The number of rotatable bonds is 7. The van der Waals surface area contributed by atoms with Gasteiger partial charge in [-0.25, -0.2) is 0 Å². The minimum absolute atomic E-state index is 0.194. The SMILES string of the molecule is COC1(CNCCCSC)CCC1.